The lowest BCUT2D eigenvalue weighted by molar-refractivity contribution is -0.215. The van der Waals surface area contributed by atoms with Crippen LogP contribution in [-0.2, 0) is 4.79 Å². The van der Waals surface area contributed by atoms with E-state index >= 15 is 0 Å². The quantitative estimate of drug-likeness (QED) is 0.363. The van der Waals surface area contributed by atoms with Gasteiger partial charge in [0.15, 0.2) is 0 Å². The number of amides is 1. The molecule has 5 aliphatic carbocycles. The lowest BCUT2D eigenvalue weighted by atomic mass is 9.36. The number of halogens is 1. The van der Waals surface area contributed by atoms with Crippen LogP contribution in [-0.4, -0.2) is 38.5 Å². The standard InChI is InChI=1S/C39H54FN3O2/c1-36(2)31-16-19-37(3)27-15-21-39(18-5-7-28(39)26(27)13-14-32(37)38(31,4)20-17-33(36)44)35(45)43-22-6-8-30(43)34-41-23-29(42-34)24-9-11-25(40)12-10-24/h9-12,23,26-28,30-33,44H,5-8,13-22H2,1-4H3,(H,41,42). The maximum atomic E-state index is 14.9. The van der Waals surface area contributed by atoms with Crippen molar-refractivity contribution in [2.24, 2.45) is 51.2 Å². The Morgan fingerprint density at radius 1 is 0.867 bits per heavy atom. The van der Waals surface area contributed by atoms with Gasteiger partial charge in [0.1, 0.15) is 11.6 Å². The third-order valence-electron chi connectivity index (χ3n) is 15.5. The Morgan fingerprint density at radius 2 is 1.64 bits per heavy atom. The molecule has 1 aliphatic heterocycles. The number of imidazole rings is 1. The van der Waals surface area contributed by atoms with Gasteiger partial charge in [-0.25, -0.2) is 9.37 Å². The van der Waals surface area contributed by atoms with Gasteiger partial charge in [-0.3, -0.25) is 4.79 Å². The molecule has 6 aliphatic rings. The van der Waals surface area contributed by atoms with E-state index in [4.69, 9.17) is 4.98 Å². The van der Waals surface area contributed by atoms with Gasteiger partial charge in [-0.1, -0.05) is 34.1 Å². The first-order chi connectivity index (χ1) is 21.5. The van der Waals surface area contributed by atoms with Gasteiger partial charge in [0.2, 0.25) is 5.91 Å². The molecule has 1 aromatic carbocycles. The highest BCUT2D eigenvalue weighted by molar-refractivity contribution is 5.84. The van der Waals surface area contributed by atoms with Crippen molar-refractivity contribution in [3.8, 4) is 11.3 Å². The van der Waals surface area contributed by atoms with Crippen molar-refractivity contribution in [1.29, 1.82) is 0 Å². The molecule has 45 heavy (non-hydrogen) atoms. The van der Waals surface area contributed by atoms with Crippen LogP contribution in [0.4, 0.5) is 4.39 Å². The Morgan fingerprint density at radius 3 is 2.44 bits per heavy atom. The third kappa shape index (κ3) is 4.25. The monoisotopic (exact) mass is 615 g/mol. The molecular formula is C39H54FN3O2. The molecule has 1 amide bonds. The summed E-state index contributed by atoms with van der Waals surface area (Å²) in [5.41, 5.74) is 2.22. The van der Waals surface area contributed by atoms with Crippen molar-refractivity contribution in [2.75, 3.05) is 6.54 Å². The number of nitrogens with one attached hydrogen (secondary N) is 1. The van der Waals surface area contributed by atoms with Gasteiger partial charge in [0, 0.05) is 6.54 Å². The first kappa shape index (κ1) is 30.1. The minimum Gasteiger partial charge on any atom is -0.393 e. The highest BCUT2D eigenvalue weighted by Gasteiger charge is 2.67. The minimum absolute atomic E-state index is 0.00599. The molecule has 2 N–H and O–H groups in total. The molecule has 0 bridgehead atoms. The fourth-order valence-corrected chi connectivity index (χ4v) is 13.4. The SMILES string of the molecule is CC1(C)C(O)CCC2(C)C1CCC1(C)C3CCC4(C(=O)N5CCCC5c5ncc(-c6ccc(F)cc6)[nH]5)CCCC4C3CCC12. The van der Waals surface area contributed by atoms with E-state index in [1.165, 1.54) is 57.1 Å². The summed E-state index contributed by atoms with van der Waals surface area (Å²) in [4.78, 5) is 25.4. The summed E-state index contributed by atoms with van der Waals surface area (Å²) in [6.07, 6.45) is 16.5. The van der Waals surface area contributed by atoms with Crippen molar-refractivity contribution in [3.05, 3.63) is 42.1 Å². The van der Waals surface area contributed by atoms with E-state index in [9.17, 15) is 14.3 Å². The summed E-state index contributed by atoms with van der Waals surface area (Å²) in [6, 6.07) is 6.53. The maximum absolute atomic E-state index is 14.9. The van der Waals surface area contributed by atoms with E-state index in [1.807, 2.05) is 6.20 Å². The number of aromatic amines is 1. The summed E-state index contributed by atoms with van der Waals surface area (Å²) < 4.78 is 13.5. The number of aliphatic hydroxyl groups is 1. The van der Waals surface area contributed by atoms with Gasteiger partial charge in [0.05, 0.1) is 29.5 Å². The van der Waals surface area contributed by atoms with Crippen LogP contribution in [0.25, 0.3) is 11.3 Å². The van der Waals surface area contributed by atoms with Crippen molar-refractivity contribution in [3.63, 3.8) is 0 Å². The van der Waals surface area contributed by atoms with Crippen LogP contribution in [0, 0.1) is 57.1 Å². The molecule has 2 aromatic rings. The zero-order chi connectivity index (χ0) is 31.4. The molecule has 0 spiro atoms. The lowest BCUT2D eigenvalue weighted by Gasteiger charge is -2.69. The first-order valence-electron chi connectivity index (χ1n) is 18.3. The van der Waals surface area contributed by atoms with Gasteiger partial charge in [-0.05, 0) is 153 Å². The van der Waals surface area contributed by atoms with E-state index in [0.29, 0.717) is 40.4 Å². The van der Waals surface area contributed by atoms with Crippen molar-refractivity contribution < 1.29 is 14.3 Å². The number of likely N-dealkylation sites (tertiary alicyclic amines) is 1. The van der Waals surface area contributed by atoms with Crippen LogP contribution in [0.2, 0.25) is 0 Å². The maximum Gasteiger partial charge on any atom is 0.229 e. The average Bonchev–Trinajstić information content (AvgIpc) is 3.79. The minimum atomic E-state index is -0.242. The zero-order valence-corrected chi connectivity index (χ0v) is 28.0. The van der Waals surface area contributed by atoms with Crippen LogP contribution in [0.5, 0.6) is 0 Å². The topological polar surface area (TPSA) is 69.2 Å². The Kier molecular flexibility index (Phi) is 6.96. The molecule has 1 saturated heterocycles. The van der Waals surface area contributed by atoms with E-state index in [-0.39, 0.29) is 28.8 Å². The Bertz CT molecular complexity index is 1450. The van der Waals surface area contributed by atoms with Crippen LogP contribution >= 0.6 is 0 Å². The summed E-state index contributed by atoms with van der Waals surface area (Å²) in [5, 5.41) is 11.0. The Hall–Kier alpha value is -2.21. The summed E-state index contributed by atoms with van der Waals surface area (Å²) in [5.74, 6) is 4.23. The molecular weight excluding hydrogens is 561 g/mol. The molecule has 6 heteroatoms. The molecule has 2 heterocycles. The lowest BCUT2D eigenvalue weighted by Crippen LogP contribution is -2.63. The summed E-state index contributed by atoms with van der Waals surface area (Å²) >= 11 is 0. The molecule has 5 nitrogen and oxygen atoms in total. The van der Waals surface area contributed by atoms with Crippen LogP contribution < -0.4 is 0 Å². The molecule has 1 aromatic heterocycles. The third-order valence-corrected chi connectivity index (χ3v) is 15.5. The molecule has 10 atom stereocenters. The first-order valence-corrected chi connectivity index (χ1v) is 18.3. The number of nitrogens with zero attached hydrogens (tertiary/aromatic N) is 2. The van der Waals surface area contributed by atoms with Gasteiger partial charge >= 0.3 is 0 Å². The second kappa shape index (κ2) is 10.4. The molecule has 10 unspecified atom stereocenters. The smallest absolute Gasteiger partial charge is 0.229 e. The normalized spacial score (nSPS) is 43.7. The number of benzene rings is 1. The van der Waals surface area contributed by atoms with Gasteiger partial charge in [-0.15, -0.1) is 0 Å². The molecule has 0 radical (unpaired) electrons. The van der Waals surface area contributed by atoms with Gasteiger partial charge < -0.3 is 15.0 Å². The Labute approximate surface area is 269 Å². The summed E-state index contributed by atoms with van der Waals surface area (Å²) in [7, 11) is 0. The zero-order valence-electron chi connectivity index (χ0n) is 28.0. The Balaban J connectivity index is 1.04. The fourth-order valence-electron chi connectivity index (χ4n) is 13.4. The predicted molar refractivity (Wildman–Crippen MR) is 174 cm³/mol. The molecule has 8 rings (SSSR count). The molecule has 5 saturated carbocycles. The van der Waals surface area contributed by atoms with Crippen LogP contribution in [0.15, 0.2) is 30.5 Å². The fraction of sp³-hybridized carbons (Fsp3) is 0.744. The predicted octanol–water partition coefficient (Wildman–Crippen LogP) is 8.71. The van der Waals surface area contributed by atoms with E-state index in [2.05, 4.69) is 37.6 Å². The second-order valence-corrected chi connectivity index (χ2v) is 17.4. The number of fused-ring (bicyclic) bond motifs is 7. The number of aromatic nitrogens is 2. The summed E-state index contributed by atoms with van der Waals surface area (Å²) in [6.45, 7) is 10.8. The number of H-pyrrole nitrogens is 1. The average molecular weight is 616 g/mol. The molecule has 244 valence electrons. The van der Waals surface area contributed by atoms with Crippen molar-refractivity contribution in [2.45, 2.75) is 123 Å². The second-order valence-electron chi connectivity index (χ2n) is 17.4. The van der Waals surface area contributed by atoms with E-state index < -0.39 is 0 Å². The van der Waals surface area contributed by atoms with Crippen LogP contribution in [0.1, 0.15) is 123 Å². The van der Waals surface area contributed by atoms with Gasteiger partial charge in [0.25, 0.3) is 0 Å². The highest BCUT2D eigenvalue weighted by atomic mass is 19.1. The van der Waals surface area contributed by atoms with E-state index in [0.717, 1.165) is 68.1 Å². The number of hydrogen-bond donors (Lipinski definition) is 2. The number of carbonyl (C=O) groups is 1. The largest absolute Gasteiger partial charge is 0.393 e. The van der Waals surface area contributed by atoms with Gasteiger partial charge in [-0.2, -0.15) is 0 Å². The van der Waals surface area contributed by atoms with Crippen molar-refractivity contribution in [1.82, 2.24) is 14.9 Å². The molecule has 6 fully saturated rings. The number of carbonyl (C=O) groups excluding carboxylic acids is 1. The number of aliphatic hydroxyl groups excluding tert-OH is 1. The number of hydrogen-bond acceptors (Lipinski definition) is 3. The highest BCUT2D eigenvalue weighted by Crippen LogP contribution is 2.73. The van der Waals surface area contributed by atoms with Crippen LogP contribution in [0.3, 0.4) is 0 Å². The van der Waals surface area contributed by atoms with Crippen molar-refractivity contribution >= 4 is 5.91 Å². The number of rotatable bonds is 3. The van der Waals surface area contributed by atoms with E-state index in [1.54, 1.807) is 12.1 Å².